The van der Waals surface area contributed by atoms with Gasteiger partial charge in [-0.25, -0.2) is 27.5 Å². The third-order valence-corrected chi connectivity index (χ3v) is 6.72. The van der Waals surface area contributed by atoms with E-state index in [-0.39, 0.29) is 35.9 Å². The number of aliphatic hydroxyl groups excluding tert-OH is 1. The molecule has 206 valence electrons. The standard InChI is InChI=1S/C24H25F4N9O2/c1-39-19-6-13(25)12(5-14(19)26)15-7-16(35-17-8-34-37-22(17)32-11-33-23(37)29)18(9-31-15)36-4-2-3-24(30,10-36)20(38)21(27)28/h5-9,11,20-21,38H,2-4,10,30H2,1H3,(H,31,35)(H2,29,32,33)/t20-,24-/m1/s1. The van der Waals surface area contributed by atoms with Gasteiger partial charge in [-0.15, -0.1) is 0 Å². The zero-order valence-electron chi connectivity index (χ0n) is 20.7. The van der Waals surface area contributed by atoms with Crippen molar-refractivity contribution in [3.05, 3.63) is 48.6 Å². The van der Waals surface area contributed by atoms with Crippen molar-refractivity contribution in [3.63, 3.8) is 0 Å². The number of ether oxygens (including phenoxy) is 1. The number of aliphatic hydroxyl groups is 1. The molecule has 0 bridgehead atoms. The number of pyridine rings is 1. The first-order valence-electron chi connectivity index (χ1n) is 11.9. The summed E-state index contributed by atoms with van der Waals surface area (Å²) < 4.78 is 62.3. The minimum absolute atomic E-state index is 0.0783. The molecule has 11 nitrogen and oxygen atoms in total. The molecule has 4 aromatic rings. The van der Waals surface area contributed by atoms with Gasteiger partial charge >= 0.3 is 0 Å². The van der Waals surface area contributed by atoms with Crippen LogP contribution in [0.1, 0.15) is 12.8 Å². The van der Waals surface area contributed by atoms with E-state index in [1.807, 2.05) is 0 Å². The maximum Gasteiger partial charge on any atom is 0.265 e. The molecule has 3 aromatic heterocycles. The quantitative estimate of drug-likeness (QED) is 0.254. The molecule has 15 heteroatoms. The van der Waals surface area contributed by atoms with E-state index in [0.717, 1.165) is 12.1 Å². The molecule has 0 unspecified atom stereocenters. The first-order chi connectivity index (χ1) is 18.6. The number of rotatable bonds is 7. The van der Waals surface area contributed by atoms with Crippen molar-refractivity contribution in [3.8, 4) is 17.0 Å². The Morgan fingerprint density at radius 2 is 1.90 bits per heavy atom. The summed E-state index contributed by atoms with van der Waals surface area (Å²) in [6.07, 6.45) is -0.365. The Labute approximate surface area is 219 Å². The molecule has 0 spiro atoms. The highest BCUT2D eigenvalue weighted by atomic mass is 19.3. The minimum Gasteiger partial charge on any atom is -0.494 e. The van der Waals surface area contributed by atoms with Gasteiger partial charge in [-0.1, -0.05) is 0 Å². The second-order valence-electron chi connectivity index (χ2n) is 9.24. The summed E-state index contributed by atoms with van der Waals surface area (Å²) in [6.45, 7) is 0.309. The topological polar surface area (TPSA) is 153 Å². The predicted octanol–water partition coefficient (Wildman–Crippen LogP) is 2.72. The third kappa shape index (κ3) is 4.85. The second kappa shape index (κ2) is 10.1. The van der Waals surface area contributed by atoms with Crippen molar-refractivity contribution >= 4 is 28.7 Å². The summed E-state index contributed by atoms with van der Waals surface area (Å²) in [4.78, 5) is 14.1. The Bertz CT molecular complexity index is 1520. The Balaban J connectivity index is 1.60. The highest BCUT2D eigenvalue weighted by Gasteiger charge is 2.43. The molecular weight excluding hydrogens is 522 g/mol. The number of benzene rings is 1. The molecule has 4 heterocycles. The summed E-state index contributed by atoms with van der Waals surface area (Å²) in [5.74, 6) is -1.73. The van der Waals surface area contributed by atoms with Crippen molar-refractivity contribution in [2.24, 2.45) is 5.73 Å². The predicted molar refractivity (Wildman–Crippen MR) is 135 cm³/mol. The van der Waals surface area contributed by atoms with E-state index >= 15 is 0 Å². The van der Waals surface area contributed by atoms with Gasteiger partial charge in [0.2, 0.25) is 5.95 Å². The number of piperidine rings is 1. The minimum atomic E-state index is -3.02. The summed E-state index contributed by atoms with van der Waals surface area (Å²) in [5.41, 5.74) is 12.0. The smallest absolute Gasteiger partial charge is 0.265 e. The molecule has 1 aromatic carbocycles. The van der Waals surface area contributed by atoms with Gasteiger partial charge in [0.05, 0.1) is 42.1 Å². The van der Waals surface area contributed by atoms with Crippen LogP contribution in [0.3, 0.4) is 0 Å². The molecule has 0 radical (unpaired) electrons. The van der Waals surface area contributed by atoms with Crippen molar-refractivity contribution in [1.29, 1.82) is 0 Å². The van der Waals surface area contributed by atoms with Gasteiger partial charge in [0.1, 0.15) is 23.9 Å². The molecule has 6 N–H and O–H groups in total. The number of halogens is 4. The van der Waals surface area contributed by atoms with Crippen LogP contribution in [0, 0.1) is 11.6 Å². The van der Waals surface area contributed by atoms with Gasteiger partial charge in [-0.05, 0) is 25.0 Å². The lowest BCUT2D eigenvalue weighted by Gasteiger charge is -2.44. The lowest BCUT2D eigenvalue weighted by atomic mass is 9.84. The molecule has 0 saturated carbocycles. The summed E-state index contributed by atoms with van der Waals surface area (Å²) in [6, 6.07) is 3.36. The SMILES string of the molecule is COc1cc(F)c(-c2cc(Nc3cnn4c(N)ncnc34)c(N3CCC[C@](N)([C@H](O)C(F)F)C3)cn2)cc1F. The van der Waals surface area contributed by atoms with Gasteiger partial charge < -0.3 is 31.5 Å². The number of nitrogen functional groups attached to an aromatic ring is 1. The molecule has 0 amide bonds. The molecule has 1 fully saturated rings. The second-order valence-corrected chi connectivity index (χ2v) is 9.24. The Morgan fingerprint density at radius 3 is 2.64 bits per heavy atom. The fourth-order valence-electron chi connectivity index (χ4n) is 4.70. The number of hydrogen-bond donors (Lipinski definition) is 4. The number of aromatic nitrogens is 5. The lowest BCUT2D eigenvalue weighted by Crippen LogP contribution is -2.63. The zero-order valence-corrected chi connectivity index (χ0v) is 20.7. The average molecular weight is 548 g/mol. The molecule has 1 saturated heterocycles. The number of hydrogen-bond acceptors (Lipinski definition) is 10. The van der Waals surface area contributed by atoms with E-state index in [9.17, 15) is 22.7 Å². The molecule has 1 aliphatic heterocycles. The zero-order chi connectivity index (χ0) is 27.9. The van der Waals surface area contributed by atoms with Crippen molar-refractivity contribution < 1.29 is 27.4 Å². The fourth-order valence-corrected chi connectivity index (χ4v) is 4.70. The maximum absolute atomic E-state index is 14.9. The number of nitrogens with zero attached hydrogens (tertiary/aromatic N) is 6. The number of fused-ring (bicyclic) bond motifs is 1. The van der Waals surface area contributed by atoms with E-state index in [1.54, 1.807) is 4.90 Å². The molecule has 0 aliphatic carbocycles. The van der Waals surface area contributed by atoms with Gasteiger partial charge in [0, 0.05) is 24.7 Å². The van der Waals surface area contributed by atoms with Crippen LogP contribution in [0.25, 0.3) is 16.9 Å². The molecule has 2 atom stereocenters. The summed E-state index contributed by atoms with van der Waals surface area (Å²) in [5, 5.41) is 17.5. The Morgan fingerprint density at radius 1 is 1.10 bits per heavy atom. The normalized spacial score (nSPS) is 18.5. The highest BCUT2D eigenvalue weighted by molar-refractivity contribution is 5.83. The van der Waals surface area contributed by atoms with Crippen LogP contribution in [0.15, 0.2) is 36.9 Å². The molecule has 1 aliphatic rings. The fraction of sp³-hybridized carbons (Fsp3) is 0.333. The van der Waals surface area contributed by atoms with Crippen LogP contribution in [0.4, 0.5) is 40.6 Å². The number of alkyl halides is 2. The summed E-state index contributed by atoms with van der Waals surface area (Å²) in [7, 11) is 1.22. The van der Waals surface area contributed by atoms with E-state index in [0.29, 0.717) is 35.7 Å². The van der Waals surface area contributed by atoms with Crippen LogP contribution >= 0.6 is 0 Å². The lowest BCUT2D eigenvalue weighted by molar-refractivity contribution is -0.0529. The van der Waals surface area contributed by atoms with Crippen molar-refractivity contribution in [2.75, 3.05) is 36.1 Å². The van der Waals surface area contributed by atoms with E-state index in [2.05, 4.69) is 25.4 Å². The van der Waals surface area contributed by atoms with Crippen LogP contribution in [0.2, 0.25) is 0 Å². The number of nitrogens with one attached hydrogen (secondary N) is 1. The van der Waals surface area contributed by atoms with Gasteiger partial charge in [0.15, 0.2) is 17.2 Å². The number of anilines is 4. The van der Waals surface area contributed by atoms with Crippen molar-refractivity contribution in [2.45, 2.75) is 30.9 Å². The number of methoxy groups -OCH3 is 1. The monoisotopic (exact) mass is 547 g/mol. The van der Waals surface area contributed by atoms with Crippen LogP contribution < -0.4 is 26.4 Å². The van der Waals surface area contributed by atoms with Crippen LogP contribution in [-0.4, -0.2) is 67.9 Å². The van der Waals surface area contributed by atoms with Crippen LogP contribution in [0.5, 0.6) is 5.75 Å². The van der Waals surface area contributed by atoms with E-state index < -0.39 is 29.7 Å². The first kappa shape index (κ1) is 26.4. The molecular formula is C24H25F4N9O2. The molecule has 5 rings (SSSR count). The highest BCUT2D eigenvalue weighted by Crippen LogP contribution is 2.38. The third-order valence-electron chi connectivity index (χ3n) is 6.72. The summed E-state index contributed by atoms with van der Waals surface area (Å²) >= 11 is 0. The van der Waals surface area contributed by atoms with Gasteiger partial charge in [-0.3, -0.25) is 4.98 Å². The van der Waals surface area contributed by atoms with Crippen LogP contribution in [-0.2, 0) is 0 Å². The Kier molecular flexibility index (Phi) is 6.86. The van der Waals surface area contributed by atoms with Crippen molar-refractivity contribution in [1.82, 2.24) is 24.6 Å². The number of nitrogens with two attached hydrogens (primary N) is 2. The largest absolute Gasteiger partial charge is 0.494 e. The van der Waals surface area contributed by atoms with E-state index in [4.69, 9.17) is 16.2 Å². The maximum atomic E-state index is 14.9. The van der Waals surface area contributed by atoms with Gasteiger partial charge in [-0.2, -0.15) is 9.61 Å². The average Bonchev–Trinajstić information content (AvgIpc) is 3.33. The van der Waals surface area contributed by atoms with Gasteiger partial charge in [0.25, 0.3) is 6.43 Å². The Hall–Kier alpha value is -4.24. The first-order valence-corrected chi connectivity index (χ1v) is 11.9. The molecule has 39 heavy (non-hydrogen) atoms. The van der Waals surface area contributed by atoms with E-state index in [1.165, 1.54) is 36.4 Å².